The Morgan fingerprint density at radius 1 is 0.750 bits per heavy atom. The number of hydrogen-bond donors (Lipinski definition) is 3. The Bertz CT molecular complexity index is 1200. The number of amides is 1. The number of methoxy groups -OCH3 is 2. The number of unbranched alkanes of at least 4 members (excludes halogenated alkanes) is 13. The Kier molecular flexibility index (Phi) is 19.8. The molecule has 0 radical (unpaired) electrons. The molecule has 0 saturated heterocycles. The van der Waals surface area contributed by atoms with Crippen molar-refractivity contribution in [3.8, 4) is 11.5 Å². The molecule has 0 bridgehead atoms. The Balaban J connectivity index is 0.000000574. The summed E-state index contributed by atoms with van der Waals surface area (Å²) in [5.41, 5.74) is 0.654. The average Bonchev–Trinajstić information content (AvgIpc) is 3.04. The maximum Gasteiger partial charge on any atom is 0.335 e. The predicted octanol–water partition coefficient (Wildman–Crippen LogP) is 6.79. The van der Waals surface area contributed by atoms with E-state index in [1.54, 1.807) is 37.2 Å². The van der Waals surface area contributed by atoms with Crippen LogP contribution in [-0.2, 0) is 10.0 Å². The highest BCUT2D eigenvalue weighted by atomic mass is 32.2. The number of hydrazine groups is 1. The molecule has 1 amide bonds. The summed E-state index contributed by atoms with van der Waals surface area (Å²) < 4.78 is 32.7. The third-order valence-electron chi connectivity index (χ3n) is 7.39. The number of aromatic carboxylic acids is 1. The van der Waals surface area contributed by atoms with Crippen LogP contribution in [0.1, 0.15) is 118 Å². The van der Waals surface area contributed by atoms with E-state index in [1.807, 2.05) is 11.9 Å². The number of ether oxygens (including phenoxy) is 2. The number of benzene rings is 2. The van der Waals surface area contributed by atoms with Crippen LogP contribution in [0.2, 0.25) is 0 Å². The van der Waals surface area contributed by atoms with Crippen molar-refractivity contribution in [1.82, 2.24) is 9.73 Å². The van der Waals surface area contributed by atoms with Crippen molar-refractivity contribution < 1.29 is 32.6 Å². The maximum absolute atomic E-state index is 12.6. The number of carboxylic acid groups (broad SMARTS) is 1. The van der Waals surface area contributed by atoms with Gasteiger partial charge in [0.15, 0.2) is 11.5 Å². The minimum absolute atomic E-state index is 0.0148. The largest absolute Gasteiger partial charge is 0.493 e. The first kappa shape index (κ1) is 38.9. The van der Waals surface area contributed by atoms with Crippen LogP contribution in [0.25, 0.3) is 0 Å². The molecule has 0 saturated carbocycles. The molecule has 0 aliphatic rings. The molecule has 0 heterocycles. The van der Waals surface area contributed by atoms with Gasteiger partial charge in [-0.25, -0.2) is 13.2 Å². The van der Waals surface area contributed by atoms with Gasteiger partial charge in [0, 0.05) is 19.2 Å². The van der Waals surface area contributed by atoms with E-state index in [2.05, 4.69) is 6.92 Å². The smallest absolute Gasteiger partial charge is 0.335 e. The fraction of sp³-hybridized carbons (Fsp3) is 0.576. The molecule has 2 aromatic rings. The molecule has 248 valence electrons. The van der Waals surface area contributed by atoms with Crippen LogP contribution in [0.5, 0.6) is 11.5 Å². The van der Waals surface area contributed by atoms with Gasteiger partial charge < -0.3 is 19.5 Å². The Morgan fingerprint density at radius 2 is 1.20 bits per heavy atom. The zero-order chi connectivity index (χ0) is 32.8. The highest BCUT2D eigenvalue weighted by Gasteiger charge is 2.15. The summed E-state index contributed by atoms with van der Waals surface area (Å²) in [6.45, 7) is 3.07. The van der Waals surface area contributed by atoms with Crippen LogP contribution >= 0.6 is 0 Å². The summed E-state index contributed by atoms with van der Waals surface area (Å²) in [5.74, 6) is 4.93. The van der Waals surface area contributed by atoms with E-state index in [0.717, 1.165) is 13.0 Å². The molecular formula is C33H53N3O7S. The first-order valence-corrected chi connectivity index (χ1v) is 17.1. The van der Waals surface area contributed by atoms with Crippen molar-refractivity contribution in [2.24, 2.45) is 5.84 Å². The van der Waals surface area contributed by atoms with Crippen molar-refractivity contribution in [2.45, 2.75) is 102 Å². The lowest BCUT2D eigenvalue weighted by atomic mass is 10.0. The fourth-order valence-corrected chi connectivity index (χ4v) is 5.31. The molecule has 0 aliphatic carbocycles. The van der Waals surface area contributed by atoms with E-state index in [4.69, 9.17) is 20.4 Å². The number of sulfonamides is 1. The predicted molar refractivity (Wildman–Crippen MR) is 175 cm³/mol. The molecule has 2 aromatic carbocycles. The lowest BCUT2D eigenvalue weighted by Gasteiger charge is -2.18. The number of nitrogens with two attached hydrogens (primary N) is 1. The first-order chi connectivity index (χ1) is 21.1. The summed E-state index contributed by atoms with van der Waals surface area (Å²) in [4.78, 5) is 26.4. The second kappa shape index (κ2) is 22.4. The second-order valence-corrected chi connectivity index (χ2v) is 12.6. The lowest BCUT2D eigenvalue weighted by Crippen LogP contribution is -2.30. The van der Waals surface area contributed by atoms with E-state index in [0.29, 0.717) is 17.1 Å². The van der Waals surface area contributed by atoms with Crippen molar-refractivity contribution in [2.75, 3.05) is 27.8 Å². The average molecular weight is 636 g/mol. The molecule has 0 fully saturated rings. The fourth-order valence-electron chi connectivity index (χ4n) is 4.68. The quantitative estimate of drug-likeness (QED) is 0.0771. The molecule has 10 nitrogen and oxygen atoms in total. The third kappa shape index (κ3) is 15.0. The minimum atomic E-state index is -3.71. The maximum atomic E-state index is 12.6. The number of carbonyl (C=O) groups is 2. The number of nitrogens with one attached hydrogen (secondary N) is 1. The second-order valence-electron chi connectivity index (χ2n) is 10.8. The highest BCUT2D eigenvalue weighted by molar-refractivity contribution is 7.89. The molecule has 0 unspecified atom stereocenters. The molecule has 0 spiro atoms. The lowest BCUT2D eigenvalue weighted by molar-refractivity contribution is 0.0696. The molecule has 4 N–H and O–H groups in total. The summed E-state index contributed by atoms with van der Waals surface area (Å²) in [6.07, 6.45) is 18.8. The molecule has 0 aromatic heterocycles. The molecule has 44 heavy (non-hydrogen) atoms. The summed E-state index contributed by atoms with van der Waals surface area (Å²) in [7, 11) is 1.36. The molecule has 0 aliphatic heterocycles. The van der Waals surface area contributed by atoms with E-state index in [1.165, 1.54) is 108 Å². The van der Waals surface area contributed by atoms with Gasteiger partial charge in [-0.2, -0.15) is 4.83 Å². The van der Waals surface area contributed by atoms with Gasteiger partial charge in [0.05, 0.1) is 24.7 Å². The van der Waals surface area contributed by atoms with Crippen LogP contribution < -0.4 is 20.1 Å². The zero-order valence-electron chi connectivity index (χ0n) is 27.0. The Morgan fingerprint density at radius 3 is 1.64 bits per heavy atom. The topological polar surface area (TPSA) is 148 Å². The number of nitrogens with zero attached hydrogens (tertiary/aromatic N) is 1. The number of carbonyl (C=O) groups excluding carboxylic acids is 1. The number of carboxylic acids is 1. The highest BCUT2D eigenvalue weighted by Crippen LogP contribution is 2.28. The minimum Gasteiger partial charge on any atom is -0.493 e. The molecule has 2 rings (SSSR count). The number of rotatable bonds is 21. The summed E-state index contributed by atoms with van der Waals surface area (Å²) >= 11 is 0. The van der Waals surface area contributed by atoms with Crippen molar-refractivity contribution in [3.63, 3.8) is 0 Å². The Labute approximate surface area is 264 Å². The monoisotopic (exact) mass is 635 g/mol. The van der Waals surface area contributed by atoms with Gasteiger partial charge in [-0.15, -0.1) is 0 Å². The van der Waals surface area contributed by atoms with Crippen molar-refractivity contribution in [3.05, 3.63) is 53.6 Å². The van der Waals surface area contributed by atoms with Gasteiger partial charge in [0.25, 0.3) is 15.9 Å². The van der Waals surface area contributed by atoms with Crippen LogP contribution in [0.15, 0.2) is 47.4 Å². The van der Waals surface area contributed by atoms with E-state index < -0.39 is 16.0 Å². The molecule has 0 atom stereocenters. The molecular weight excluding hydrogens is 582 g/mol. The van der Waals surface area contributed by atoms with Gasteiger partial charge in [-0.1, -0.05) is 90.4 Å². The van der Waals surface area contributed by atoms with E-state index in [-0.39, 0.29) is 16.4 Å². The van der Waals surface area contributed by atoms with Gasteiger partial charge >= 0.3 is 5.97 Å². The Hall–Kier alpha value is -3.15. The van der Waals surface area contributed by atoms with Crippen molar-refractivity contribution in [1.29, 1.82) is 0 Å². The van der Waals surface area contributed by atoms with Gasteiger partial charge in [-0.3, -0.25) is 10.6 Å². The SMILES string of the molecule is CCCCCCCCCCCCCCCCN(C)C(=O)c1ccc(OC)c(OC)c1.NNS(=O)(=O)c1ccc(C(=O)O)cc1. The van der Waals surface area contributed by atoms with Gasteiger partial charge in [0.2, 0.25) is 0 Å². The number of hydrogen-bond acceptors (Lipinski definition) is 7. The van der Waals surface area contributed by atoms with Gasteiger partial charge in [-0.05, 0) is 48.9 Å². The molecule has 11 heteroatoms. The van der Waals surface area contributed by atoms with Crippen LogP contribution in [0.4, 0.5) is 0 Å². The normalized spacial score (nSPS) is 10.9. The summed E-state index contributed by atoms with van der Waals surface area (Å²) in [6, 6.07) is 10.0. The van der Waals surface area contributed by atoms with Crippen LogP contribution in [0, 0.1) is 0 Å². The third-order valence-corrected chi connectivity index (χ3v) is 8.59. The summed E-state index contributed by atoms with van der Waals surface area (Å²) in [5, 5.41) is 8.55. The van der Waals surface area contributed by atoms with E-state index in [9.17, 15) is 18.0 Å². The van der Waals surface area contributed by atoms with Crippen LogP contribution in [-0.4, -0.2) is 58.1 Å². The van der Waals surface area contributed by atoms with Crippen LogP contribution in [0.3, 0.4) is 0 Å². The zero-order valence-corrected chi connectivity index (χ0v) is 27.8. The standard InChI is InChI=1S/C26H45NO3.C7H8N2O4S/c1-5-6-7-8-9-10-11-12-13-14-15-16-17-18-21-27(2)26(28)23-19-20-24(29-3)25(22-23)30-4;8-9-14(12,13)6-3-1-5(2-4-6)7(10)11/h19-20,22H,5-18,21H2,1-4H3;1-4,9H,8H2,(H,10,11). The van der Waals surface area contributed by atoms with Crippen molar-refractivity contribution >= 4 is 21.9 Å². The first-order valence-electron chi connectivity index (χ1n) is 15.6. The van der Waals surface area contributed by atoms with Gasteiger partial charge in [0.1, 0.15) is 0 Å². The van der Waals surface area contributed by atoms with E-state index >= 15 is 0 Å².